The third-order valence-corrected chi connectivity index (χ3v) is 7.58. The van der Waals surface area contributed by atoms with Crippen LogP contribution in [0.5, 0.6) is 0 Å². The first kappa shape index (κ1) is 24.1. The molecule has 174 valence electrons. The zero-order valence-corrected chi connectivity index (χ0v) is 19.3. The second kappa shape index (κ2) is 10.9. The summed E-state index contributed by atoms with van der Waals surface area (Å²) in [6.07, 6.45) is 0. The van der Waals surface area contributed by atoms with Crippen LogP contribution in [0.25, 0.3) is 0 Å². The van der Waals surface area contributed by atoms with Crippen molar-refractivity contribution in [3.8, 4) is 0 Å². The van der Waals surface area contributed by atoms with Crippen molar-refractivity contribution in [2.24, 2.45) is 0 Å². The molecular formula is C22H30N4O5S. The molecule has 1 saturated heterocycles. The van der Waals surface area contributed by atoms with Gasteiger partial charge in [-0.1, -0.05) is 38.1 Å². The van der Waals surface area contributed by atoms with E-state index in [9.17, 15) is 18.5 Å². The van der Waals surface area contributed by atoms with Crippen LogP contribution < -0.4 is 5.32 Å². The Morgan fingerprint density at radius 3 is 2.38 bits per heavy atom. The number of nitro benzene ring substituents is 1. The lowest BCUT2D eigenvalue weighted by atomic mass is 10.1. The van der Waals surface area contributed by atoms with Gasteiger partial charge in [0.15, 0.2) is 0 Å². The fraction of sp³-hybridized carbons (Fsp3) is 0.455. The highest BCUT2D eigenvalue weighted by molar-refractivity contribution is 7.89. The lowest BCUT2D eigenvalue weighted by molar-refractivity contribution is -0.385. The van der Waals surface area contributed by atoms with E-state index >= 15 is 0 Å². The number of sulfonamides is 1. The smallest absolute Gasteiger partial charge is 0.270 e. The first-order valence-electron chi connectivity index (χ1n) is 10.8. The summed E-state index contributed by atoms with van der Waals surface area (Å²) in [6.45, 7) is 8.34. The number of nitrogens with one attached hydrogen (secondary N) is 1. The second-order valence-electron chi connectivity index (χ2n) is 7.54. The minimum atomic E-state index is -3.91. The summed E-state index contributed by atoms with van der Waals surface area (Å²) in [6, 6.07) is 11.9. The molecule has 2 aromatic rings. The molecule has 1 heterocycles. The molecule has 1 aliphatic rings. The highest BCUT2D eigenvalue weighted by Gasteiger charge is 2.30. The van der Waals surface area contributed by atoms with Crippen molar-refractivity contribution in [2.45, 2.75) is 31.8 Å². The quantitative estimate of drug-likeness (QED) is 0.427. The van der Waals surface area contributed by atoms with Crippen LogP contribution in [-0.4, -0.2) is 61.9 Å². The van der Waals surface area contributed by atoms with Crippen molar-refractivity contribution in [3.63, 3.8) is 0 Å². The summed E-state index contributed by atoms with van der Waals surface area (Å²) in [5.74, 6) is 0. The van der Waals surface area contributed by atoms with Gasteiger partial charge in [0.25, 0.3) is 5.69 Å². The summed E-state index contributed by atoms with van der Waals surface area (Å²) in [5, 5.41) is 14.5. The Labute approximate surface area is 189 Å². The van der Waals surface area contributed by atoms with Gasteiger partial charge in [-0.2, -0.15) is 4.31 Å². The standard InChI is InChI=1S/C22H30N4O5S/c1-3-24(4-2)17-19-8-6-5-7-18(19)16-23-21-10-9-20(26(27)28)15-22(21)32(29,30)25-11-13-31-14-12-25/h5-10,15,23H,3-4,11-14,16-17H2,1-2H3. The lowest BCUT2D eigenvalue weighted by Gasteiger charge is -2.27. The monoisotopic (exact) mass is 462 g/mol. The third kappa shape index (κ3) is 5.63. The number of nitrogens with zero attached hydrogens (tertiary/aromatic N) is 3. The maximum atomic E-state index is 13.3. The molecule has 0 aromatic heterocycles. The Kier molecular flexibility index (Phi) is 8.19. The number of ether oxygens (including phenoxy) is 1. The average molecular weight is 463 g/mol. The van der Waals surface area contributed by atoms with Crippen molar-refractivity contribution >= 4 is 21.4 Å². The molecule has 1 N–H and O–H groups in total. The van der Waals surface area contributed by atoms with Gasteiger partial charge >= 0.3 is 0 Å². The average Bonchev–Trinajstić information content (AvgIpc) is 2.82. The van der Waals surface area contributed by atoms with Gasteiger partial charge in [-0.3, -0.25) is 15.0 Å². The molecule has 3 rings (SSSR count). The topological polar surface area (TPSA) is 105 Å². The number of anilines is 1. The minimum absolute atomic E-state index is 0.0881. The first-order chi connectivity index (χ1) is 15.4. The van der Waals surface area contributed by atoms with Crippen molar-refractivity contribution in [1.82, 2.24) is 9.21 Å². The predicted octanol–water partition coefficient (Wildman–Crippen LogP) is 3.07. The zero-order chi connectivity index (χ0) is 23.1. The Bertz CT molecular complexity index is 1030. The maximum Gasteiger partial charge on any atom is 0.270 e. The predicted molar refractivity (Wildman–Crippen MR) is 123 cm³/mol. The minimum Gasteiger partial charge on any atom is -0.380 e. The van der Waals surface area contributed by atoms with E-state index in [1.807, 2.05) is 18.2 Å². The van der Waals surface area contributed by atoms with E-state index in [-0.39, 0.29) is 23.7 Å². The molecule has 9 nitrogen and oxygen atoms in total. The third-order valence-electron chi connectivity index (χ3n) is 5.64. The van der Waals surface area contributed by atoms with E-state index in [1.54, 1.807) is 0 Å². The molecule has 0 saturated carbocycles. The van der Waals surface area contributed by atoms with Gasteiger partial charge in [-0.25, -0.2) is 8.42 Å². The fourth-order valence-corrected chi connectivity index (χ4v) is 5.27. The summed E-state index contributed by atoms with van der Waals surface area (Å²) in [4.78, 5) is 12.9. The molecule has 0 atom stereocenters. The van der Waals surface area contributed by atoms with Crippen molar-refractivity contribution < 1.29 is 18.1 Å². The summed E-state index contributed by atoms with van der Waals surface area (Å²) >= 11 is 0. The SMILES string of the molecule is CCN(CC)Cc1ccccc1CNc1ccc([N+](=O)[O-])cc1S(=O)(=O)N1CCOCC1. The Hall–Kier alpha value is -2.53. The number of non-ortho nitro benzene ring substituents is 1. The molecular weight excluding hydrogens is 432 g/mol. The normalized spacial score (nSPS) is 15.1. The maximum absolute atomic E-state index is 13.3. The van der Waals surface area contributed by atoms with Crippen LogP contribution in [0.15, 0.2) is 47.4 Å². The Morgan fingerprint density at radius 2 is 1.75 bits per heavy atom. The molecule has 0 amide bonds. The number of morpholine rings is 1. The molecule has 0 bridgehead atoms. The van der Waals surface area contributed by atoms with E-state index in [2.05, 4.69) is 30.1 Å². The Balaban J connectivity index is 1.90. The molecule has 0 aliphatic carbocycles. The van der Waals surface area contributed by atoms with Gasteiger partial charge in [-0.05, 0) is 30.3 Å². The number of benzene rings is 2. The number of nitro groups is 1. The number of hydrogen-bond donors (Lipinski definition) is 1. The molecule has 2 aromatic carbocycles. The van der Waals surface area contributed by atoms with Crippen LogP contribution in [-0.2, 0) is 27.8 Å². The van der Waals surface area contributed by atoms with Crippen LogP contribution in [0.3, 0.4) is 0 Å². The van der Waals surface area contributed by atoms with E-state index in [0.29, 0.717) is 25.4 Å². The fourth-order valence-electron chi connectivity index (χ4n) is 3.67. The van der Waals surface area contributed by atoms with Gasteiger partial charge in [0.05, 0.1) is 23.8 Å². The van der Waals surface area contributed by atoms with Crippen LogP contribution in [0.2, 0.25) is 0 Å². The van der Waals surface area contributed by atoms with E-state index in [1.165, 1.54) is 16.4 Å². The Morgan fingerprint density at radius 1 is 1.09 bits per heavy atom. The van der Waals surface area contributed by atoms with E-state index in [4.69, 9.17) is 4.74 Å². The van der Waals surface area contributed by atoms with Crippen molar-refractivity contribution in [1.29, 1.82) is 0 Å². The van der Waals surface area contributed by atoms with Crippen molar-refractivity contribution in [2.75, 3.05) is 44.7 Å². The molecule has 1 aliphatic heterocycles. The molecule has 1 fully saturated rings. The van der Waals surface area contributed by atoms with Gasteiger partial charge in [0, 0.05) is 38.3 Å². The van der Waals surface area contributed by atoms with Crippen LogP contribution in [0.1, 0.15) is 25.0 Å². The molecule has 0 radical (unpaired) electrons. The van der Waals surface area contributed by atoms with Gasteiger partial charge in [0.1, 0.15) is 4.90 Å². The molecule has 0 spiro atoms. The lowest BCUT2D eigenvalue weighted by Crippen LogP contribution is -2.40. The van der Waals surface area contributed by atoms with Crippen molar-refractivity contribution in [3.05, 3.63) is 63.7 Å². The number of rotatable bonds is 10. The van der Waals surface area contributed by atoms with E-state index in [0.717, 1.165) is 36.8 Å². The highest BCUT2D eigenvalue weighted by atomic mass is 32.2. The van der Waals surface area contributed by atoms with Crippen LogP contribution in [0, 0.1) is 10.1 Å². The highest BCUT2D eigenvalue weighted by Crippen LogP contribution is 2.30. The number of hydrogen-bond acceptors (Lipinski definition) is 7. The second-order valence-corrected chi connectivity index (χ2v) is 9.44. The van der Waals surface area contributed by atoms with Gasteiger partial charge in [-0.15, -0.1) is 0 Å². The summed E-state index contributed by atoms with van der Waals surface area (Å²) < 4.78 is 33.1. The van der Waals surface area contributed by atoms with Gasteiger partial charge in [0.2, 0.25) is 10.0 Å². The van der Waals surface area contributed by atoms with Crippen LogP contribution in [0.4, 0.5) is 11.4 Å². The van der Waals surface area contributed by atoms with E-state index < -0.39 is 14.9 Å². The largest absolute Gasteiger partial charge is 0.380 e. The zero-order valence-electron chi connectivity index (χ0n) is 18.5. The first-order valence-corrected chi connectivity index (χ1v) is 12.2. The van der Waals surface area contributed by atoms with Gasteiger partial charge < -0.3 is 10.1 Å². The summed E-state index contributed by atoms with van der Waals surface area (Å²) in [7, 11) is -3.91. The van der Waals surface area contributed by atoms with Crippen LogP contribution >= 0.6 is 0 Å². The molecule has 32 heavy (non-hydrogen) atoms. The molecule has 0 unspecified atom stereocenters. The summed E-state index contributed by atoms with van der Waals surface area (Å²) in [5.41, 5.74) is 2.29. The molecule has 10 heteroatoms.